The zero-order valence-electron chi connectivity index (χ0n) is 14.3. The quantitative estimate of drug-likeness (QED) is 0.384. The number of nitrogens with one attached hydrogen (secondary N) is 1. The summed E-state index contributed by atoms with van der Waals surface area (Å²) >= 11 is 3.39. The molecule has 0 aliphatic rings. The fourth-order valence-electron chi connectivity index (χ4n) is 1.99. The lowest BCUT2D eigenvalue weighted by molar-refractivity contribution is -0.123. The summed E-state index contributed by atoms with van der Waals surface area (Å²) in [7, 11) is 1.54. The van der Waals surface area contributed by atoms with Crippen LogP contribution in [0.5, 0.6) is 17.2 Å². The van der Waals surface area contributed by atoms with Crippen LogP contribution in [-0.4, -0.2) is 32.4 Å². The highest BCUT2D eigenvalue weighted by Gasteiger charge is 2.06. The van der Waals surface area contributed by atoms with Crippen LogP contribution in [0.1, 0.15) is 5.56 Å². The number of hydrazone groups is 1. The molecular formula is C19H19BrN2O4. The van der Waals surface area contributed by atoms with Gasteiger partial charge in [0.05, 0.1) is 13.3 Å². The van der Waals surface area contributed by atoms with Gasteiger partial charge in [-0.15, -0.1) is 0 Å². The number of hydrogen-bond donors (Lipinski definition) is 1. The molecule has 1 amide bonds. The van der Waals surface area contributed by atoms with Gasteiger partial charge in [-0.2, -0.15) is 5.10 Å². The molecule has 0 atom stereocenters. The van der Waals surface area contributed by atoms with Crippen LogP contribution in [0.15, 0.2) is 64.7 Å². The van der Waals surface area contributed by atoms with E-state index in [0.717, 1.165) is 4.47 Å². The molecule has 0 unspecified atom stereocenters. The molecule has 0 spiro atoms. The summed E-state index contributed by atoms with van der Waals surface area (Å²) < 4.78 is 17.0. The Morgan fingerprint density at radius 2 is 1.96 bits per heavy atom. The lowest BCUT2D eigenvalue weighted by atomic mass is 10.2. The molecule has 6 nitrogen and oxygen atoms in total. The number of halogens is 1. The molecule has 2 aromatic carbocycles. The van der Waals surface area contributed by atoms with E-state index < -0.39 is 5.91 Å². The predicted molar refractivity (Wildman–Crippen MR) is 104 cm³/mol. The molecule has 0 aliphatic heterocycles. The first kappa shape index (κ1) is 19.5. The fraction of sp³-hybridized carbons (Fsp3) is 0.158. The second kappa shape index (κ2) is 10.2. The van der Waals surface area contributed by atoms with Gasteiger partial charge in [0.1, 0.15) is 12.4 Å². The van der Waals surface area contributed by atoms with E-state index in [9.17, 15) is 4.79 Å². The van der Waals surface area contributed by atoms with Crippen molar-refractivity contribution in [1.82, 2.24) is 5.43 Å². The average Bonchev–Trinajstić information content (AvgIpc) is 2.66. The Morgan fingerprint density at radius 3 is 2.69 bits per heavy atom. The number of carbonyl (C=O) groups excluding carboxylic acids is 1. The number of benzene rings is 2. The molecule has 136 valence electrons. The topological polar surface area (TPSA) is 69.2 Å². The normalized spacial score (nSPS) is 10.4. The van der Waals surface area contributed by atoms with E-state index in [1.165, 1.54) is 13.3 Å². The number of carbonyl (C=O) groups is 1. The molecule has 0 aliphatic carbocycles. The van der Waals surface area contributed by atoms with Crippen LogP contribution >= 0.6 is 15.9 Å². The Balaban J connectivity index is 1.92. The molecule has 2 aromatic rings. The summed E-state index contributed by atoms with van der Waals surface area (Å²) in [6.45, 7) is 3.81. The van der Waals surface area contributed by atoms with E-state index in [-0.39, 0.29) is 6.61 Å². The van der Waals surface area contributed by atoms with Crippen molar-refractivity contribution in [3.63, 3.8) is 0 Å². The maximum absolute atomic E-state index is 11.9. The Kier molecular flexibility index (Phi) is 7.70. The number of methoxy groups -OCH3 is 1. The van der Waals surface area contributed by atoms with Gasteiger partial charge in [-0.3, -0.25) is 4.79 Å². The maximum atomic E-state index is 11.9. The highest BCUT2D eigenvalue weighted by atomic mass is 79.9. The zero-order chi connectivity index (χ0) is 18.8. The first-order valence-corrected chi connectivity index (χ1v) is 8.54. The van der Waals surface area contributed by atoms with Crippen molar-refractivity contribution in [3.05, 3.63) is 65.2 Å². The van der Waals surface area contributed by atoms with Crippen LogP contribution in [0.25, 0.3) is 0 Å². The monoisotopic (exact) mass is 418 g/mol. The first-order valence-electron chi connectivity index (χ1n) is 7.75. The number of amides is 1. The Morgan fingerprint density at radius 1 is 1.19 bits per heavy atom. The van der Waals surface area contributed by atoms with Gasteiger partial charge in [0.2, 0.25) is 0 Å². The summed E-state index contributed by atoms with van der Waals surface area (Å²) in [5.74, 6) is 1.29. The van der Waals surface area contributed by atoms with Crippen LogP contribution in [0.2, 0.25) is 0 Å². The molecule has 0 heterocycles. The van der Waals surface area contributed by atoms with E-state index in [0.29, 0.717) is 29.4 Å². The van der Waals surface area contributed by atoms with Gasteiger partial charge >= 0.3 is 0 Å². The molecular weight excluding hydrogens is 400 g/mol. The van der Waals surface area contributed by atoms with Crippen LogP contribution in [0.3, 0.4) is 0 Å². The summed E-state index contributed by atoms with van der Waals surface area (Å²) in [5, 5.41) is 3.94. The second-order valence-corrected chi connectivity index (χ2v) is 5.93. The number of nitrogens with zero attached hydrogens (tertiary/aromatic N) is 1. The lowest BCUT2D eigenvalue weighted by Gasteiger charge is -2.09. The molecule has 0 fully saturated rings. The highest BCUT2D eigenvalue weighted by Crippen LogP contribution is 2.25. The lowest BCUT2D eigenvalue weighted by Crippen LogP contribution is -2.24. The Labute approximate surface area is 160 Å². The fourth-order valence-corrected chi connectivity index (χ4v) is 2.37. The van der Waals surface area contributed by atoms with E-state index in [1.54, 1.807) is 24.3 Å². The number of hydrogen-bond acceptors (Lipinski definition) is 5. The minimum atomic E-state index is -0.393. The molecule has 0 bridgehead atoms. The number of rotatable bonds is 9. The Hall–Kier alpha value is -2.80. The number of para-hydroxylation sites is 2. The van der Waals surface area contributed by atoms with Gasteiger partial charge in [0.15, 0.2) is 18.1 Å². The minimum absolute atomic E-state index is 0.185. The average molecular weight is 419 g/mol. The van der Waals surface area contributed by atoms with Crippen molar-refractivity contribution < 1.29 is 19.0 Å². The van der Waals surface area contributed by atoms with Gasteiger partial charge in [-0.05, 0) is 30.3 Å². The van der Waals surface area contributed by atoms with E-state index >= 15 is 0 Å². The van der Waals surface area contributed by atoms with Crippen LogP contribution in [0, 0.1) is 0 Å². The molecule has 1 N–H and O–H groups in total. The van der Waals surface area contributed by atoms with Crippen LogP contribution in [0.4, 0.5) is 0 Å². The third kappa shape index (κ3) is 5.93. The van der Waals surface area contributed by atoms with Gasteiger partial charge in [-0.25, -0.2) is 5.43 Å². The van der Waals surface area contributed by atoms with E-state index in [1.807, 2.05) is 24.3 Å². The second-order valence-electron chi connectivity index (χ2n) is 5.01. The molecule has 0 radical (unpaired) electrons. The molecule has 0 saturated carbocycles. The molecule has 7 heteroatoms. The van der Waals surface area contributed by atoms with Crippen molar-refractivity contribution in [2.45, 2.75) is 0 Å². The van der Waals surface area contributed by atoms with Gasteiger partial charge in [0.25, 0.3) is 5.91 Å². The van der Waals surface area contributed by atoms with E-state index in [2.05, 4.69) is 33.0 Å². The summed E-state index contributed by atoms with van der Waals surface area (Å²) in [4.78, 5) is 11.9. The van der Waals surface area contributed by atoms with Crippen molar-refractivity contribution in [2.75, 3.05) is 20.3 Å². The highest BCUT2D eigenvalue weighted by molar-refractivity contribution is 9.10. The largest absolute Gasteiger partial charge is 0.493 e. The van der Waals surface area contributed by atoms with Crippen molar-refractivity contribution in [1.29, 1.82) is 0 Å². The maximum Gasteiger partial charge on any atom is 0.277 e. The molecule has 26 heavy (non-hydrogen) atoms. The standard InChI is InChI=1S/C19H19BrN2O4/c1-3-10-25-16-9-8-15(20)11-14(16)12-21-22-19(23)13-26-18-7-5-4-6-17(18)24-2/h3-9,11-12H,1,10,13H2,2H3,(H,22,23)/b21-12+. The molecule has 0 aromatic heterocycles. The van der Waals surface area contributed by atoms with Crippen molar-refractivity contribution in [2.24, 2.45) is 5.10 Å². The van der Waals surface area contributed by atoms with Crippen molar-refractivity contribution >= 4 is 28.1 Å². The minimum Gasteiger partial charge on any atom is -0.493 e. The summed E-state index contributed by atoms with van der Waals surface area (Å²) in [6.07, 6.45) is 3.16. The molecule has 0 saturated heterocycles. The van der Waals surface area contributed by atoms with Gasteiger partial charge in [0, 0.05) is 10.0 Å². The predicted octanol–water partition coefficient (Wildman–Crippen LogP) is 3.55. The molecule has 2 rings (SSSR count). The number of ether oxygens (including phenoxy) is 3. The zero-order valence-corrected chi connectivity index (χ0v) is 15.9. The van der Waals surface area contributed by atoms with Crippen LogP contribution < -0.4 is 19.6 Å². The van der Waals surface area contributed by atoms with Gasteiger partial charge < -0.3 is 14.2 Å². The smallest absolute Gasteiger partial charge is 0.277 e. The van der Waals surface area contributed by atoms with E-state index in [4.69, 9.17) is 14.2 Å². The Bertz CT molecular complexity index is 793. The summed E-state index contributed by atoms with van der Waals surface area (Å²) in [5.41, 5.74) is 3.13. The third-order valence-electron chi connectivity index (χ3n) is 3.15. The SMILES string of the molecule is C=CCOc1ccc(Br)cc1/C=N/NC(=O)COc1ccccc1OC. The third-order valence-corrected chi connectivity index (χ3v) is 3.64. The van der Waals surface area contributed by atoms with Crippen LogP contribution in [-0.2, 0) is 4.79 Å². The van der Waals surface area contributed by atoms with Gasteiger partial charge in [-0.1, -0.05) is 40.7 Å². The summed E-state index contributed by atoms with van der Waals surface area (Å²) in [6, 6.07) is 12.6. The first-order chi connectivity index (χ1) is 12.6. The van der Waals surface area contributed by atoms with Crippen molar-refractivity contribution in [3.8, 4) is 17.2 Å².